The zero-order valence-corrected chi connectivity index (χ0v) is 13.3. The lowest BCUT2D eigenvalue weighted by Gasteiger charge is -2.22. The average Bonchev–Trinajstić information content (AvgIpc) is 2.37. The van der Waals surface area contributed by atoms with Crippen LogP contribution in [0.2, 0.25) is 0 Å². The Morgan fingerprint density at radius 2 is 2.00 bits per heavy atom. The van der Waals surface area contributed by atoms with Crippen molar-refractivity contribution in [3.63, 3.8) is 0 Å². The molecule has 5 heteroatoms. The standard InChI is InChI=1S/C15H14BrFN2S/c1-19(9-10-6-11(16)8-12(17)7-10)14-5-3-2-4-13(14)15(18)20/h2-8H,9H2,1H3,(H2,18,20). The minimum Gasteiger partial charge on any atom is -0.389 e. The number of rotatable bonds is 4. The molecular weight excluding hydrogens is 339 g/mol. The van der Waals surface area contributed by atoms with Crippen molar-refractivity contribution in [1.82, 2.24) is 0 Å². The van der Waals surface area contributed by atoms with Crippen molar-refractivity contribution in [2.45, 2.75) is 6.54 Å². The molecule has 0 radical (unpaired) electrons. The molecule has 2 nitrogen and oxygen atoms in total. The lowest BCUT2D eigenvalue weighted by molar-refractivity contribution is 0.624. The minimum absolute atomic E-state index is 0.259. The van der Waals surface area contributed by atoms with E-state index in [1.165, 1.54) is 12.1 Å². The fourth-order valence-electron chi connectivity index (χ4n) is 2.08. The van der Waals surface area contributed by atoms with E-state index in [-0.39, 0.29) is 5.82 Å². The lowest BCUT2D eigenvalue weighted by Crippen LogP contribution is -2.21. The van der Waals surface area contributed by atoms with Crippen molar-refractivity contribution in [3.05, 3.63) is 63.9 Å². The number of hydrogen-bond donors (Lipinski definition) is 1. The molecule has 0 unspecified atom stereocenters. The fraction of sp³-hybridized carbons (Fsp3) is 0.133. The third-order valence-electron chi connectivity index (χ3n) is 2.92. The maximum atomic E-state index is 13.4. The maximum absolute atomic E-state index is 13.4. The van der Waals surface area contributed by atoms with Gasteiger partial charge in [-0.1, -0.05) is 40.3 Å². The average molecular weight is 353 g/mol. The van der Waals surface area contributed by atoms with Crippen LogP contribution in [0.1, 0.15) is 11.1 Å². The second kappa shape index (κ2) is 6.33. The molecule has 20 heavy (non-hydrogen) atoms. The molecule has 2 aromatic carbocycles. The topological polar surface area (TPSA) is 29.3 Å². The molecule has 0 aliphatic rings. The van der Waals surface area contributed by atoms with Gasteiger partial charge in [0.25, 0.3) is 0 Å². The summed E-state index contributed by atoms with van der Waals surface area (Å²) in [5.41, 5.74) is 8.35. The summed E-state index contributed by atoms with van der Waals surface area (Å²) in [6.45, 7) is 0.565. The molecule has 0 heterocycles. The van der Waals surface area contributed by atoms with Gasteiger partial charge in [-0.15, -0.1) is 0 Å². The normalized spacial score (nSPS) is 10.3. The Bertz CT molecular complexity index is 625. The molecule has 2 N–H and O–H groups in total. The molecule has 0 bridgehead atoms. The third-order valence-corrected chi connectivity index (χ3v) is 3.60. The predicted octanol–water partition coefficient (Wildman–Crippen LogP) is 3.86. The molecule has 0 saturated carbocycles. The first-order chi connectivity index (χ1) is 9.47. The van der Waals surface area contributed by atoms with Gasteiger partial charge in [-0.2, -0.15) is 0 Å². The van der Waals surface area contributed by atoms with Gasteiger partial charge in [0.2, 0.25) is 0 Å². The van der Waals surface area contributed by atoms with Crippen LogP contribution in [0, 0.1) is 5.82 Å². The number of benzene rings is 2. The smallest absolute Gasteiger partial charge is 0.124 e. The van der Waals surface area contributed by atoms with E-state index in [1.54, 1.807) is 0 Å². The third kappa shape index (κ3) is 3.55. The van der Waals surface area contributed by atoms with Gasteiger partial charge in [0.1, 0.15) is 10.8 Å². The summed E-state index contributed by atoms with van der Waals surface area (Å²) in [7, 11) is 1.93. The van der Waals surface area contributed by atoms with Crippen LogP contribution >= 0.6 is 28.1 Å². The maximum Gasteiger partial charge on any atom is 0.124 e. The van der Waals surface area contributed by atoms with Crippen LogP contribution in [0.5, 0.6) is 0 Å². The van der Waals surface area contributed by atoms with Crippen LogP contribution in [0.3, 0.4) is 0 Å². The van der Waals surface area contributed by atoms with Crippen molar-refractivity contribution in [3.8, 4) is 0 Å². The quantitative estimate of drug-likeness (QED) is 0.847. The molecule has 0 spiro atoms. The Morgan fingerprint density at radius 3 is 2.65 bits per heavy atom. The van der Waals surface area contributed by atoms with Gasteiger partial charge in [0.15, 0.2) is 0 Å². The highest BCUT2D eigenvalue weighted by Gasteiger charge is 2.10. The largest absolute Gasteiger partial charge is 0.389 e. The molecule has 0 amide bonds. The highest BCUT2D eigenvalue weighted by Crippen LogP contribution is 2.22. The molecule has 104 valence electrons. The van der Waals surface area contributed by atoms with Crippen molar-refractivity contribution in [2.24, 2.45) is 5.73 Å². The van der Waals surface area contributed by atoms with E-state index < -0.39 is 0 Å². The number of thiocarbonyl (C=S) groups is 1. The van der Waals surface area contributed by atoms with Gasteiger partial charge in [-0.3, -0.25) is 0 Å². The minimum atomic E-state index is -0.259. The first-order valence-electron chi connectivity index (χ1n) is 6.02. The van der Waals surface area contributed by atoms with E-state index in [4.69, 9.17) is 18.0 Å². The van der Waals surface area contributed by atoms with Crippen LogP contribution in [-0.2, 0) is 6.54 Å². The summed E-state index contributed by atoms with van der Waals surface area (Å²) >= 11 is 8.36. The van der Waals surface area contributed by atoms with Crippen LogP contribution in [0.25, 0.3) is 0 Å². The molecule has 0 fully saturated rings. The molecule has 0 aliphatic carbocycles. The van der Waals surface area contributed by atoms with E-state index in [2.05, 4.69) is 15.9 Å². The lowest BCUT2D eigenvalue weighted by atomic mass is 10.1. The Kier molecular flexibility index (Phi) is 4.73. The molecule has 0 atom stereocenters. The van der Waals surface area contributed by atoms with E-state index in [9.17, 15) is 4.39 Å². The summed E-state index contributed by atoms with van der Waals surface area (Å²) in [6, 6.07) is 12.5. The number of anilines is 1. The van der Waals surface area contributed by atoms with Gasteiger partial charge in [0, 0.05) is 29.3 Å². The number of para-hydroxylation sites is 1. The van der Waals surface area contributed by atoms with Crippen molar-refractivity contribution < 1.29 is 4.39 Å². The summed E-state index contributed by atoms with van der Waals surface area (Å²) in [5, 5.41) is 0. The van der Waals surface area contributed by atoms with E-state index in [0.717, 1.165) is 21.3 Å². The summed E-state index contributed by atoms with van der Waals surface area (Å²) < 4.78 is 14.1. The van der Waals surface area contributed by atoms with Crippen molar-refractivity contribution in [2.75, 3.05) is 11.9 Å². The molecule has 0 saturated heterocycles. The highest BCUT2D eigenvalue weighted by atomic mass is 79.9. The Morgan fingerprint density at radius 1 is 1.30 bits per heavy atom. The van der Waals surface area contributed by atoms with Crippen LogP contribution < -0.4 is 10.6 Å². The van der Waals surface area contributed by atoms with Crippen molar-refractivity contribution >= 4 is 38.8 Å². The second-order valence-corrected chi connectivity index (χ2v) is 5.87. The van der Waals surface area contributed by atoms with Gasteiger partial charge in [-0.05, 0) is 35.9 Å². The molecule has 2 aromatic rings. The zero-order valence-electron chi connectivity index (χ0n) is 10.9. The Hall–Kier alpha value is -1.46. The second-order valence-electron chi connectivity index (χ2n) is 4.52. The van der Waals surface area contributed by atoms with Crippen LogP contribution in [-0.4, -0.2) is 12.0 Å². The zero-order chi connectivity index (χ0) is 14.7. The number of nitrogens with two attached hydrogens (primary N) is 1. The molecule has 0 aromatic heterocycles. The Balaban J connectivity index is 2.28. The number of hydrogen-bond acceptors (Lipinski definition) is 2. The highest BCUT2D eigenvalue weighted by molar-refractivity contribution is 9.10. The molecule has 2 rings (SSSR count). The Labute approximate surface area is 131 Å². The van der Waals surface area contributed by atoms with E-state index >= 15 is 0 Å². The predicted molar refractivity (Wildman–Crippen MR) is 88.5 cm³/mol. The van der Waals surface area contributed by atoms with Crippen molar-refractivity contribution in [1.29, 1.82) is 0 Å². The van der Waals surface area contributed by atoms with E-state index in [0.29, 0.717) is 11.5 Å². The fourth-order valence-corrected chi connectivity index (χ4v) is 2.76. The van der Waals surface area contributed by atoms with Gasteiger partial charge in [-0.25, -0.2) is 4.39 Å². The summed E-state index contributed by atoms with van der Waals surface area (Å²) in [6.07, 6.45) is 0. The van der Waals surface area contributed by atoms with Gasteiger partial charge >= 0.3 is 0 Å². The van der Waals surface area contributed by atoms with E-state index in [1.807, 2.05) is 42.3 Å². The SMILES string of the molecule is CN(Cc1cc(F)cc(Br)c1)c1ccccc1C(N)=S. The summed E-state index contributed by atoms with van der Waals surface area (Å²) in [5.74, 6) is -0.259. The van der Waals surface area contributed by atoms with Crippen LogP contribution in [0.4, 0.5) is 10.1 Å². The monoisotopic (exact) mass is 352 g/mol. The summed E-state index contributed by atoms with van der Waals surface area (Å²) in [4.78, 5) is 2.35. The van der Waals surface area contributed by atoms with Gasteiger partial charge < -0.3 is 10.6 Å². The van der Waals surface area contributed by atoms with Crippen LogP contribution in [0.15, 0.2) is 46.9 Å². The van der Waals surface area contributed by atoms with Gasteiger partial charge in [0.05, 0.1) is 0 Å². The number of halogens is 2. The first-order valence-corrected chi connectivity index (χ1v) is 7.22. The first kappa shape index (κ1) is 14.9. The number of nitrogens with zero attached hydrogens (tertiary/aromatic N) is 1. The molecule has 0 aliphatic heterocycles. The molecular formula is C15H14BrFN2S.